The molecule has 2 aromatic carbocycles. The maximum atomic E-state index is 13.3. The van der Waals surface area contributed by atoms with Gasteiger partial charge in [-0.25, -0.2) is 17.8 Å². The van der Waals surface area contributed by atoms with Gasteiger partial charge in [0.05, 0.1) is 22.3 Å². The van der Waals surface area contributed by atoms with E-state index in [-0.39, 0.29) is 23.0 Å². The van der Waals surface area contributed by atoms with E-state index in [1.165, 1.54) is 16.4 Å². The highest BCUT2D eigenvalue weighted by Gasteiger charge is 2.34. The summed E-state index contributed by atoms with van der Waals surface area (Å²) in [4.78, 5) is 19.5. The summed E-state index contributed by atoms with van der Waals surface area (Å²) in [5.74, 6) is -0.201. The molecule has 1 N–H and O–H groups in total. The summed E-state index contributed by atoms with van der Waals surface area (Å²) in [7, 11) is -3.86. The van der Waals surface area contributed by atoms with Crippen LogP contribution in [0, 0.1) is 5.82 Å². The molecule has 146 valence electrons. The largest absolute Gasteiger partial charge is 0.309 e. The molecule has 3 aromatic rings. The van der Waals surface area contributed by atoms with Gasteiger partial charge in [-0.15, -0.1) is 0 Å². The van der Waals surface area contributed by atoms with Gasteiger partial charge in [0.15, 0.2) is 0 Å². The molecular weight excluding hydrogens is 381 g/mol. The number of nitrogens with zero attached hydrogens (tertiary/aromatic N) is 2. The van der Waals surface area contributed by atoms with Crippen LogP contribution >= 0.6 is 0 Å². The van der Waals surface area contributed by atoms with Crippen molar-refractivity contribution in [3.63, 3.8) is 0 Å². The fraction of sp³-hybridized carbons (Fsp3) is 0.300. The van der Waals surface area contributed by atoms with Crippen LogP contribution in [0.3, 0.4) is 0 Å². The smallest absolute Gasteiger partial charge is 0.258 e. The first-order valence-corrected chi connectivity index (χ1v) is 10.6. The van der Waals surface area contributed by atoms with Gasteiger partial charge in [-0.2, -0.15) is 4.31 Å². The van der Waals surface area contributed by atoms with Gasteiger partial charge in [0.1, 0.15) is 11.6 Å². The van der Waals surface area contributed by atoms with Crippen molar-refractivity contribution in [2.75, 3.05) is 0 Å². The lowest BCUT2D eigenvalue weighted by atomic mass is 10.2. The second-order valence-electron chi connectivity index (χ2n) is 6.97. The number of benzene rings is 2. The number of hydrogen-bond acceptors (Lipinski definition) is 4. The van der Waals surface area contributed by atoms with Crippen LogP contribution in [-0.2, 0) is 16.6 Å². The molecule has 1 aromatic heterocycles. The molecule has 1 fully saturated rings. The average Bonchev–Trinajstić information content (AvgIpc) is 3.21. The summed E-state index contributed by atoms with van der Waals surface area (Å²) in [6.07, 6.45) is 3.39. The molecule has 6 nitrogen and oxygen atoms in total. The number of sulfonamides is 1. The lowest BCUT2D eigenvalue weighted by Gasteiger charge is -2.27. The van der Waals surface area contributed by atoms with Crippen molar-refractivity contribution in [1.29, 1.82) is 0 Å². The first-order valence-electron chi connectivity index (χ1n) is 9.20. The fourth-order valence-corrected chi connectivity index (χ4v) is 5.35. The minimum atomic E-state index is -3.86. The Hall–Kier alpha value is -2.58. The second kappa shape index (κ2) is 7.44. The SMILES string of the molecule is O=c1[nH]c(CN(C2CCCC2)S(=O)(=O)c2ccc(F)cc2)nc2ccccc12. The molecule has 1 aliphatic rings. The Kier molecular flexibility index (Phi) is 4.99. The molecule has 0 aliphatic heterocycles. The summed E-state index contributed by atoms with van der Waals surface area (Å²) in [5, 5.41) is 0.458. The van der Waals surface area contributed by atoms with Gasteiger partial charge in [-0.3, -0.25) is 4.79 Å². The first-order chi connectivity index (χ1) is 13.4. The van der Waals surface area contributed by atoms with Crippen LogP contribution in [0.4, 0.5) is 4.39 Å². The van der Waals surface area contributed by atoms with Crippen molar-refractivity contribution >= 4 is 20.9 Å². The fourth-order valence-electron chi connectivity index (χ4n) is 3.70. The third-order valence-corrected chi connectivity index (χ3v) is 7.03. The Balaban J connectivity index is 1.75. The standard InChI is InChI=1S/C20H20FN3O3S/c21-14-9-11-16(12-10-14)28(26,27)24(15-5-1-2-6-15)13-19-22-18-8-4-3-7-17(18)20(25)23-19/h3-4,7-12,15H,1-2,5-6,13H2,(H,22,23,25). The molecule has 0 saturated heterocycles. The molecular formula is C20H20FN3O3S. The van der Waals surface area contributed by atoms with Crippen LogP contribution < -0.4 is 5.56 Å². The molecule has 0 unspecified atom stereocenters. The molecule has 4 rings (SSSR count). The molecule has 0 spiro atoms. The predicted octanol–water partition coefficient (Wildman–Crippen LogP) is 3.20. The summed E-state index contributed by atoms with van der Waals surface area (Å²) in [5.41, 5.74) is 0.220. The molecule has 8 heteroatoms. The molecule has 1 saturated carbocycles. The van der Waals surface area contributed by atoms with Crippen molar-refractivity contribution in [3.05, 3.63) is 70.5 Å². The molecule has 0 atom stereocenters. The van der Waals surface area contributed by atoms with Crippen molar-refractivity contribution < 1.29 is 12.8 Å². The van der Waals surface area contributed by atoms with Gasteiger partial charge >= 0.3 is 0 Å². The zero-order valence-electron chi connectivity index (χ0n) is 15.1. The van der Waals surface area contributed by atoms with E-state index in [0.717, 1.165) is 37.8 Å². The third-order valence-electron chi connectivity index (χ3n) is 5.12. The lowest BCUT2D eigenvalue weighted by molar-refractivity contribution is 0.310. The normalized spacial score (nSPS) is 15.5. The van der Waals surface area contributed by atoms with Crippen molar-refractivity contribution in [3.8, 4) is 0 Å². The Labute approximate surface area is 162 Å². The summed E-state index contributed by atoms with van der Waals surface area (Å²) >= 11 is 0. The molecule has 28 heavy (non-hydrogen) atoms. The molecule has 1 heterocycles. The van der Waals surface area contributed by atoms with Crippen LogP contribution in [0.25, 0.3) is 10.9 Å². The van der Waals surface area contributed by atoms with Crippen molar-refractivity contribution in [1.82, 2.24) is 14.3 Å². The molecule has 1 aliphatic carbocycles. The number of fused-ring (bicyclic) bond motifs is 1. The monoisotopic (exact) mass is 401 g/mol. The summed E-state index contributed by atoms with van der Waals surface area (Å²) in [6.45, 7) is -0.0373. The molecule has 0 amide bonds. The van der Waals surface area contributed by atoms with Gasteiger partial charge in [0, 0.05) is 6.04 Å². The number of rotatable bonds is 5. The van der Waals surface area contributed by atoms with Crippen LogP contribution in [0.15, 0.2) is 58.2 Å². The minimum Gasteiger partial charge on any atom is -0.309 e. The van der Waals surface area contributed by atoms with E-state index in [1.54, 1.807) is 24.3 Å². The molecule has 0 radical (unpaired) electrons. The number of halogens is 1. The average molecular weight is 401 g/mol. The van der Waals surface area contributed by atoms with Crippen LogP contribution in [0.5, 0.6) is 0 Å². The number of nitrogens with one attached hydrogen (secondary N) is 1. The Morgan fingerprint density at radius 3 is 2.46 bits per heavy atom. The highest BCUT2D eigenvalue weighted by Crippen LogP contribution is 2.30. The van der Waals surface area contributed by atoms with E-state index in [4.69, 9.17) is 0 Å². The zero-order valence-corrected chi connectivity index (χ0v) is 16.0. The zero-order chi connectivity index (χ0) is 19.7. The number of aromatic amines is 1. The van der Waals surface area contributed by atoms with Crippen molar-refractivity contribution in [2.24, 2.45) is 0 Å². The van der Waals surface area contributed by atoms with Gasteiger partial charge in [-0.1, -0.05) is 25.0 Å². The Morgan fingerprint density at radius 1 is 1.07 bits per heavy atom. The van der Waals surface area contributed by atoms with E-state index in [1.807, 2.05) is 0 Å². The maximum Gasteiger partial charge on any atom is 0.258 e. The summed E-state index contributed by atoms with van der Waals surface area (Å²) in [6, 6.07) is 11.6. The minimum absolute atomic E-state index is 0.0314. The number of hydrogen-bond donors (Lipinski definition) is 1. The van der Waals surface area contributed by atoms with E-state index in [2.05, 4.69) is 9.97 Å². The third kappa shape index (κ3) is 3.57. The maximum absolute atomic E-state index is 13.3. The van der Waals surface area contributed by atoms with Crippen molar-refractivity contribution in [2.45, 2.75) is 43.2 Å². The van der Waals surface area contributed by atoms with E-state index in [0.29, 0.717) is 16.7 Å². The quantitative estimate of drug-likeness (QED) is 0.712. The lowest BCUT2D eigenvalue weighted by Crippen LogP contribution is -2.39. The van der Waals surface area contributed by atoms with E-state index >= 15 is 0 Å². The first kappa shape index (κ1) is 18.8. The van der Waals surface area contributed by atoms with Gasteiger partial charge in [-0.05, 0) is 49.2 Å². The predicted molar refractivity (Wildman–Crippen MR) is 104 cm³/mol. The number of aromatic nitrogens is 2. The van der Waals surface area contributed by atoms with E-state index in [9.17, 15) is 17.6 Å². The van der Waals surface area contributed by atoms with Crippen LogP contribution in [-0.4, -0.2) is 28.7 Å². The van der Waals surface area contributed by atoms with Crippen LogP contribution in [0.2, 0.25) is 0 Å². The second-order valence-corrected chi connectivity index (χ2v) is 8.86. The number of para-hydroxylation sites is 1. The van der Waals surface area contributed by atoms with Crippen LogP contribution in [0.1, 0.15) is 31.5 Å². The Morgan fingerprint density at radius 2 is 1.75 bits per heavy atom. The Bertz CT molecular complexity index is 1150. The van der Waals surface area contributed by atoms with Gasteiger partial charge in [0.2, 0.25) is 10.0 Å². The topological polar surface area (TPSA) is 83.1 Å². The number of H-pyrrole nitrogens is 1. The van der Waals surface area contributed by atoms with Gasteiger partial charge in [0.25, 0.3) is 5.56 Å². The molecule has 0 bridgehead atoms. The summed E-state index contributed by atoms with van der Waals surface area (Å²) < 4.78 is 41.2. The highest BCUT2D eigenvalue weighted by atomic mass is 32.2. The highest BCUT2D eigenvalue weighted by molar-refractivity contribution is 7.89. The van der Waals surface area contributed by atoms with Gasteiger partial charge < -0.3 is 4.98 Å². The van der Waals surface area contributed by atoms with E-state index < -0.39 is 15.8 Å².